The van der Waals surface area contributed by atoms with Gasteiger partial charge in [0.05, 0.1) is 16.6 Å². The maximum absolute atomic E-state index is 2.77. The summed E-state index contributed by atoms with van der Waals surface area (Å²) in [7, 11) is 0. The molecule has 3 aliphatic heterocycles. The summed E-state index contributed by atoms with van der Waals surface area (Å²) < 4.78 is 0. The Labute approximate surface area is 545 Å². The van der Waals surface area contributed by atoms with Gasteiger partial charge in [-0.05, 0) is 286 Å². The van der Waals surface area contributed by atoms with Crippen LogP contribution in [0.5, 0.6) is 0 Å². The second-order valence-electron chi connectivity index (χ2n) is 30.6. The molecular weight excluding hydrogens is 1110 g/mol. The van der Waals surface area contributed by atoms with E-state index in [9.17, 15) is 0 Å². The predicted octanol–water partition coefficient (Wildman–Crippen LogP) is 24.6. The number of benzene rings is 12. The number of hydrogen-bond donors (Lipinski definition) is 0. The molecule has 0 spiro atoms. The zero-order valence-electron chi connectivity index (χ0n) is 55.5. The summed E-state index contributed by atoms with van der Waals surface area (Å²) >= 11 is 0. The molecule has 3 nitrogen and oxygen atoms in total. The lowest BCUT2D eigenvalue weighted by atomic mass is 9.61. The maximum Gasteiger partial charge on any atom is 0.0518 e. The fourth-order valence-corrected chi connectivity index (χ4v) is 20.9. The predicted molar refractivity (Wildman–Crippen MR) is 392 cm³/mol. The van der Waals surface area contributed by atoms with E-state index in [4.69, 9.17) is 0 Å². The van der Waals surface area contributed by atoms with Crippen molar-refractivity contribution in [1.82, 2.24) is 0 Å². The number of anilines is 6. The van der Waals surface area contributed by atoms with Crippen molar-refractivity contribution in [2.24, 2.45) is 0 Å². The largest absolute Gasteiger partial charge is 0.334 e. The van der Waals surface area contributed by atoms with E-state index in [2.05, 4.69) is 283 Å². The van der Waals surface area contributed by atoms with Crippen molar-refractivity contribution >= 4 is 77.2 Å². The third-order valence-corrected chi connectivity index (χ3v) is 26.1. The first-order valence-electron chi connectivity index (χ1n) is 34.9. The molecule has 3 aliphatic carbocycles. The third kappa shape index (κ3) is 7.29. The van der Waals surface area contributed by atoms with Crippen LogP contribution in [0.25, 0.3) is 87.6 Å². The minimum Gasteiger partial charge on any atom is -0.334 e. The monoisotopic (exact) mass is 1200 g/mol. The van der Waals surface area contributed by atoms with Crippen LogP contribution in [0.4, 0.5) is 34.1 Å². The number of para-hydroxylation sites is 3. The fourth-order valence-electron chi connectivity index (χ4n) is 20.9. The summed E-state index contributed by atoms with van der Waals surface area (Å²) in [6, 6.07) is 81.2. The highest BCUT2D eigenvalue weighted by Gasteiger charge is 2.61. The Morgan fingerprint density at radius 3 is 0.967 bits per heavy atom. The average molecular weight is 1200 g/mol. The van der Waals surface area contributed by atoms with Crippen LogP contribution in [-0.2, 0) is 16.2 Å². The quantitative estimate of drug-likeness (QED) is 0.147. The highest BCUT2D eigenvalue weighted by Crippen LogP contribution is 2.66. The summed E-state index contributed by atoms with van der Waals surface area (Å²) in [6.07, 6.45) is 14.5. The van der Waals surface area contributed by atoms with Gasteiger partial charge in [-0.2, -0.15) is 0 Å². The molecule has 6 unspecified atom stereocenters. The fraction of sp³-hybridized carbons (Fsp3) is 0.303. The van der Waals surface area contributed by atoms with Gasteiger partial charge in [0.2, 0.25) is 0 Å². The maximum atomic E-state index is 2.77. The van der Waals surface area contributed by atoms with E-state index in [1.165, 1.54) is 213 Å². The Kier molecular flexibility index (Phi) is 12.0. The van der Waals surface area contributed by atoms with Gasteiger partial charge in [0.15, 0.2) is 0 Å². The molecule has 6 atom stereocenters. The summed E-state index contributed by atoms with van der Waals surface area (Å²) in [6.45, 7) is 22.8. The van der Waals surface area contributed by atoms with Crippen LogP contribution in [0.15, 0.2) is 206 Å². The molecule has 3 fully saturated rings. The van der Waals surface area contributed by atoms with E-state index in [0.29, 0.717) is 0 Å². The lowest BCUT2D eigenvalue weighted by molar-refractivity contribution is 0.195. The minimum absolute atomic E-state index is 0.0419. The number of fused-ring (bicyclic) bond motifs is 10. The molecule has 0 saturated heterocycles. The molecule has 456 valence electrons. The first kappa shape index (κ1) is 56.1. The molecule has 12 aromatic carbocycles. The Hall–Kier alpha value is -8.66. The standard InChI is InChI=1S/C89H85N3/c1-56-48-60(51-76-81(56)90(63-30-13-10-14-31-63)87(7)45-24-21-42-84(76,87)4)72-54-73(61-49-57(2)82-77(52-61)85(5)43-22-25-46-88(85,8)91(82)64-32-15-11-16-33-64)69-40-41-71-75(67-37-27-29-59-28-19-20-36-66(59)67)55-74(70-39-38-68(72)79(69)80(70)71)62-50-58(3)83-78(53-62)86(6)44-23-26-47-89(86,9)92(83)65-34-17-12-18-35-65/h10-20,27-41,48-55H,21-26,42-47H2,1-9H3. The van der Waals surface area contributed by atoms with Crippen LogP contribution in [-0.4, -0.2) is 16.6 Å². The minimum atomic E-state index is -0.0668. The summed E-state index contributed by atoms with van der Waals surface area (Å²) in [4.78, 5) is 8.31. The molecule has 3 heteroatoms. The second kappa shape index (κ2) is 19.7. The molecule has 3 heterocycles. The van der Waals surface area contributed by atoms with Gasteiger partial charge in [-0.3, -0.25) is 0 Å². The van der Waals surface area contributed by atoms with Crippen molar-refractivity contribution in [3.63, 3.8) is 0 Å². The normalized spacial score (nSPS) is 25.6. The van der Waals surface area contributed by atoms with Gasteiger partial charge in [0.25, 0.3) is 0 Å². The highest BCUT2D eigenvalue weighted by atomic mass is 15.3. The molecule has 18 rings (SSSR count). The Balaban J connectivity index is 0.952. The van der Waals surface area contributed by atoms with Gasteiger partial charge in [-0.25, -0.2) is 0 Å². The SMILES string of the molecule is Cc1cc(-c2cc(-c3cc(C)c4c(c3)C3(C)CCCCC3(C)N4c3ccccc3)c3ccc4c(-c5cccc6ccccc56)cc(-c5cc(C)c6c(c5)C5(C)CCCCC5(C)N6c5ccccc5)c5ccc2c3c54)cc2c1N(c1ccccc1)C1(C)CCCCC21C. The molecule has 3 saturated carbocycles. The number of hydrogen-bond acceptors (Lipinski definition) is 3. The van der Waals surface area contributed by atoms with Gasteiger partial charge < -0.3 is 14.7 Å². The molecular formula is C89H85N3. The van der Waals surface area contributed by atoms with Crippen LogP contribution in [0.2, 0.25) is 0 Å². The second-order valence-corrected chi connectivity index (χ2v) is 30.6. The van der Waals surface area contributed by atoms with Crippen LogP contribution in [0.3, 0.4) is 0 Å². The van der Waals surface area contributed by atoms with Gasteiger partial charge in [0.1, 0.15) is 0 Å². The summed E-state index contributed by atoms with van der Waals surface area (Å²) in [5.41, 5.74) is 26.8. The molecule has 0 radical (unpaired) electrons. The van der Waals surface area contributed by atoms with E-state index in [0.717, 1.165) is 19.3 Å². The van der Waals surface area contributed by atoms with E-state index >= 15 is 0 Å². The molecule has 92 heavy (non-hydrogen) atoms. The number of aryl methyl sites for hydroxylation is 3. The van der Waals surface area contributed by atoms with Crippen LogP contribution < -0.4 is 14.7 Å². The average Bonchev–Trinajstić information content (AvgIpc) is 1.65. The summed E-state index contributed by atoms with van der Waals surface area (Å²) in [5, 5.41) is 10.6. The van der Waals surface area contributed by atoms with Crippen molar-refractivity contribution in [3.05, 3.63) is 240 Å². The molecule has 12 aromatic rings. The number of nitrogens with zero attached hydrogens (tertiary/aromatic N) is 3. The van der Waals surface area contributed by atoms with Crippen LogP contribution in [0.1, 0.15) is 152 Å². The van der Waals surface area contributed by atoms with E-state index in [-0.39, 0.29) is 32.9 Å². The first-order chi connectivity index (χ1) is 44.6. The Bertz CT molecular complexity index is 4890. The molecule has 0 bridgehead atoms. The zero-order valence-corrected chi connectivity index (χ0v) is 55.5. The third-order valence-electron chi connectivity index (χ3n) is 26.1. The molecule has 0 amide bonds. The molecule has 0 N–H and O–H groups in total. The highest BCUT2D eigenvalue weighted by molar-refractivity contribution is 6.32. The van der Waals surface area contributed by atoms with Gasteiger partial charge in [-0.1, -0.05) is 181 Å². The van der Waals surface area contributed by atoms with Gasteiger partial charge >= 0.3 is 0 Å². The van der Waals surface area contributed by atoms with Crippen LogP contribution >= 0.6 is 0 Å². The van der Waals surface area contributed by atoms with Gasteiger partial charge in [-0.15, -0.1) is 0 Å². The van der Waals surface area contributed by atoms with Crippen molar-refractivity contribution in [2.45, 2.75) is 172 Å². The van der Waals surface area contributed by atoms with E-state index < -0.39 is 0 Å². The first-order valence-corrected chi connectivity index (χ1v) is 34.9. The van der Waals surface area contributed by atoms with Crippen molar-refractivity contribution < 1.29 is 0 Å². The van der Waals surface area contributed by atoms with Crippen LogP contribution in [0, 0.1) is 20.8 Å². The lowest BCUT2D eigenvalue weighted by Crippen LogP contribution is -2.54. The zero-order chi connectivity index (χ0) is 62.4. The molecule has 0 aromatic heterocycles. The van der Waals surface area contributed by atoms with Crippen molar-refractivity contribution in [3.8, 4) is 44.5 Å². The summed E-state index contributed by atoms with van der Waals surface area (Å²) in [5.74, 6) is 0. The Morgan fingerprint density at radius 2 is 0.587 bits per heavy atom. The molecule has 6 aliphatic rings. The van der Waals surface area contributed by atoms with E-state index in [1.54, 1.807) is 0 Å². The Morgan fingerprint density at radius 1 is 0.272 bits per heavy atom. The van der Waals surface area contributed by atoms with Gasteiger partial charge in [0, 0.05) is 50.4 Å². The van der Waals surface area contributed by atoms with E-state index in [1.807, 2.05) is 0 Å². The smallest absolute Gasteiger partial charge is 0.0518 e. The van der Waals surface area contributed by atoms with Crippen molar-refractivity contribution in [2.75, 3.05) is 14.7 Å². The van der Waals surface area contributed by atoms with Crippen molar-refractivity contribution in [1.29, 1.82) is 0 Å². The lowest BCUT2D eigenvalue weighted by Gasteiger charge is -2.50. The number of rotatable bonds is 7. The topological polar surface area (TPSA) is 9.72 Å².